The molecule has 0 spiro atoms. The molecule has 4 atom stereocenters. The molecule has 1 N–H and O–H groups in total. The van der Waals surface area contributed by atoms with E-state index in [0.29, 0.717) is 29.0 Å². The Hall–Kier alpha value is -0.220. The zero-order valence-corrected chi connectivity index (χ0v) is 14.4. The summed E-state index contributed by atoms with van der Waals surface area (Å²) in [6.45, 7) is 10.9. The van der Waals surface area contributed by atoms with Gasteiger partial charge in [-0.15, -0.1) is 0 Å². The normalized spacial score (nSPS) is 34.8. The second-order valence-electron chi connectivity index (χ2n) is 6.81. The van der Waals surface area contributed by atoms with Crippen LogP contribution >= 0.6 is 11.8 Å². The van der Waals surface area contributed by atoms with Crippen LogP contribution in [0.5, 0.6) is 0 Å². The third kappa shape index (κ3) is 3.01. The maximum atomic E-state index is 12.9. The fourth-order valence-corrected chi connectivity index (χ4v) is 4.88. The Balaban J connectivity index is 2.20. The SMILES string of the molecule is CCSC1CCCC1N1C(=O)C(C(C)C)NC1C(C)C. The summed E-state index contributed by atoms with van der Waals surface area (Å²) in [6, 6.07) is 0.450. The molecule has 2 rings (SSSR count). The number of carbonyl (C=O) groups excluding carboxylic acids is 1. The van der Waals surface area contributed by atoms with Gasteiger partial charge in [-0.3, -0.25) is 10.1 Å². The van der Waals surface area contributed by atoms with Crippen molar-refractivity contribution in [1.82, 2.24) is 10.2 Å². The number of rotatable bonds is 5. The summed E-state index contributed by atoms with van der Waals surface area (Å²) in [5.41, 5.74) is 0. The molecule has 0 bridgehead atoms. The van der Waals surface area contributed by atoms with Gasteiger partial charge in [0.05, 0.1) is 12.2 Å². The van der Waals surface area contributed by atoms with Crippen molar-refractivity contribution in [2.45, 2.75) is 77.4 Å². The fraction of sp³-hybridized carbons (Fsp3) is 0.938. The Bertz CT molecular complexity index is 345. The lowest BCUT2D eigenvalue weighted by Gasteiger charge is -2.35. The summed E-state index contributed by atoms with van der Waals surface area (Å²) in [5.74, 6) is 2.33. The van der Waals surface area contributed by atoms with Crippen molar-refractivity contribution in [2.75, 3.05) is 5.75 Å². The van der Waals surface area contributed by atoms with Gasteiger partial charge >= 0.3 is 0 Å². The van der Waals surface area contributed by atoms with Crippen molar-refractivity contribution in [3.05, 3.63) is 0 Å². The number of thioether (sulfide) groups is 1. The Morgan fingerprint density at radius 1 is 1.25 bits per heavy atom. The Kier molecular flexibility index (Phi) is 5.41. The molecule has 0 aromatic rings. The molecule has 1 aliphatic heterocycles. The van der Waals surface area contributed by atoms with Crippen molar-refractivity contribution in [1.29, 1.82) is 0 Å². The molecule has 1 saturated heterocycles. The van der Waals surface area contributed by atoms with Crippen LogP contribution in [0.25, 0.3) is 0 Å². The average Bonchev–Trinajstić information content (AvgIpc) is 2.93. The van der Waals surface area contributed by atoms with Crippen molar-refractivity contribution < 1.29 is 4.79 Å². The van der Waals surface area contributed by atoms with E-state index in [1.54, 1.807) is 0 Å². The second kappa shape index (κ2) is 6.69. The molecular weight excluding hydrogens is 268 g/mol. The van der Waals surface area contributed by atoms with Crippen molar-refractivity contribution >= 4 is 17.7 Å². The monoisotopic (exact) mass is 298 g/mol. The fourth-order valence-electron chi connectivity index (χ4n) is 3.63. The second-order valence-corrected chi connectivity index (χ2v) is 8.33. The first-order chi connectivity index (χ1) is 9.47. The van der Waals surface area contributed by atoms with Gasteiger partial charge in [0, 0.05) is 11.3 Å². The number of nitrogens with one attached hydrogen (secondary N) is 1. The standard InChI is InChI=1S/C16H30N2OS/c1-6-20-13-9-7-8-12(13)18-15(11(4)5)17-14(10(2)3)16(18)19/h10-15,17H,6-9H2,1-5H3. The van der Waals surface area contributed by atoms with Crippen LogP contribution in [0.4, 0.5) is 0 Å². The number of hydrogen-bond donors (Lipinski definition) is 1. The maximum absolute atomic E-state index is 12.9. The zero-order chi connectivity index (χ0) is 14.9. The van der Waals surface area contributed by atoms with Gasteiger partial charge in [0.2, 0.25) is 5.91 Å². The van der Waals surface area contributed by atoms with E-state index in [4.69, 9.17) is 0 Å². The Morgan fingerprint density at radius 2 is 1.95 bits per heavy atom. The maximum Gasteiger partial charge on any atom is 0.241 e. The predicted molar refractivity (Wildman–Crippen MR) is 86.8 cm³/mol. The zero-order valence-electron chi connectivity index (χ0n) is 13.6. The molecule has 1 aliphatic carbocycles. The molecule has 116 valence electrons. The van der Waals surface area contributed by atoms with Crippen molar-refractivity contribution in [2.24, 2.45) is 11.8 Å². The largest absolute Gasteiger partial charge is 0.321 e. The van der Waals surface area contributed by atoms with Crippen LogP contribution in [0.3, 0.4) is 0 Å². The molecule has 20 heavy (non-hydrogen) atoms. The summed E-state index contributed by atoms with van der Waals surface area (Å²) in [7, 11) is 0. The van der Waals surface area contributed by atoms with Gasteiger partial charge in [-0.05, 0) is 30.4 Å². The molecule has 4 unspecified atom stereocenters. The van der Waals surface area contributed by atoms with Crippen LogP contribution in [0.2, 0.25) is 0 Å². The van der Waals surface area contributed by atoms with Crippen LogP contribution < -0.4 is 5.32 Å². The van der Waals surface area contributed by atoms with Gasteiger partial charge in [0.15, 0.2) is 0 Å². The number of carbonyl (C=O) groups is 1. The summed E-state index contributed by atoms with van der Waals surface area (Å²) < 4.78 is 0. The highest BCUT2D eigenvalue weighted by molar-refractivity contribution is 7.99. The molecule has 1 saturated carbocycles. The van der Waals surface area contributed by atoms with E-state index in [-0.39, 0.29) is 12.2 Å². The number of amides is 1. The minimum absolute atomic E-state index is 0.00952. The quantitative estimate of drug-likeness (QED) is 0.846. The minimum atomic E-state index is 0.00952. The van der Waals surface area contributed by atoms with Crippen LogP contribution in [0, 0.1) is 11.8 Å². The van der Waals surface area contributed by atoms with E-state index in [0.717, 1.165) is 5.75 Å². The summed E-state index contributed by atoms with van der Waals surface area (Å²) in [6.07, 6.45) is 3.94. The van der Waals surface area contributed by atoms with Crippen LogP contribution in [0.15, 0.2) is 0 Å². The van der Waals surface area contributed by atoms with E-state index >= 15 is 0 Å². The Labute approximate surface area is 128 Å². The van der Waals surface area contributed by atoms with E-state index in [1.165, 1.54) is 19.3 Å². The Morgan fingerprint density at radius 3 is 2.50 bits per heavy atom. The predicted octanol–water partition coefficient (Wildman–Crippen LogP) is 3.10. The third-order valence-electron chi connectivity index (χ3n) is 4.62. The highest BCUT2D eigenvalue weighted by atomic mass is 32.2. The minimum Gasteiger partial charge on any atom is -0.321 e. The lowest BCUT2D eigenvalue weighted by atomic mass is 10.0. The van der Waals surface area contributed by atoms with Crippen LogP contribution in [-0.4, -0.2) is 40.1 Å². The molecule has 0 radical (unpaired) electrons. The average molecular weight is 298 g/mol. The molecule has 1 heterocycles. The van der Waals surface area contributed by atoms with E-state index < -0.39 is 0 Å². The molecule has 2 fully saturated rings. The highest BCUT2D eigenvalue weighted by Gasteiger charge is 2.47. The lowest BCUT2D eigenvalue weighted by molar-refractivity contribution is -0.133. The first-order valence-corrected chi connectivity index (χ1v) is 9.22. The molecule has 2 aliphatic rings. The number of hydrogen-bond acceptors (Lipinski definition) is 3. The molecule has 0 aromatic heterocycles. The van der Waals surface area contributed by atoms with Gasteiger partial charge in [-0.1, -0.05) is 41.0 Å². The van der Waals surface area contributed by atoms with Gasteiger partial charge in [0.25, 0.3) is 0 Å². The highest BCUT2D eigenvalue weighted by Crippen LogP contribution is 2.37. The van der Waals surface area contributed by atoms with Crippen molar-refractivity contribution in [3.8, 4) is 0 Å². The van der Waals surface area contributed by atoms with Crippen LogP contribution in [-0.2, 0) is 4.79 Å². The van der Waals surface area contributed by atoms with Gasteiger partial charge < -0.3 is 4.90 Å². The smallest absolute Gasteiger partial charge is 0.241 e. The first kappa shape index (κ1) is 16.2. The molecule has 0 aromatic carbocycles. The topological polar surface area (TPSA) is 32.3 Å². The summed E-state index contributed by atoms with van der Waals surface area (Å²) >= 11 is 2.04. The van der Waals surface area contributed by atoms with Crippen LogP contribution in [0.1, 0.15) is 53.9 Å². The van der Waals surface area contributed by atoms with Gasteiger partial charge in [-0.2, -0.15) is 11.8 Å². The third-order valence-corrected chi connectivity index (χ3v) is 5.94. The van der Waals surface area contributed by atoms with E-state index in [1.807, 2.05) is 11.8 Å². The number of nitrogens with zero attached hydrogens (tertiary/aromatic N) is 1. The molecular formula is C16H30N2OS. The molecule has 3 nitrogen and oxygen atoms in total. The van der Waals surface area contributed by atoms with Gasteiger partial charge in [-0.25, -0.2) is 0 Å². The summed E-state index contributed by atoms with van der Waals surface area (Å²) in [5, 5.41) is 4.23. The van der Waals surface area contributed by atoms with E-state index in [9.17, 15) is 4.79 Å². The molecule has 1 amide bonds. The van der Waals surface area contributed by atoms with E-state index in [2.05, 4.69) is 44.8 Å². The molecule has 4 heteroatoms. The van der Waals surface area contributed by atoms with Gasteiger partial charge in [0.1, 0.15) is 0 Å². The van der Waals surface area contributed by atoms with Crippen molar-refractivity contribution in [3.63, 3.8) is 0 Å². The summed E-state index contributed by atoms with van der Waals surface area (Å²) in [4.78, 5) is 15.1. The first-order valence-electron chi connectivity index (χ1n) is 8.17. The lowest BCUT2D eigenvalue weighted by Crippen LogP contribution is -2.49.